The van der Waals surface area contributed by atoms with Gasteiger partial charge in [-0.2, -0.15) is 0 Å². The van der Waals surface area contributed by atoms with Crippen LogP contribution < -0.4 is 9.47 Å². The van der Waals surface area contributed by atoms with Crippen LogP contribution in [0.2, 0.25) is 0 Å². The zero-order valence-corrected chi connectivity index (χ0v) is 19.4. The Morgan fingerprint density at radius 2 is 1.93 bits per heavy atom. The molecular weight excluding hydrogens is 474 g/mol. The number of amides is 1. The summed E-state index contributed by atoms with van der Waals surface area (Å²) in [7, 11) is 3.22. The number of carbonyl (C=O) groups is 1. The van der Waals surface area contributed by atoms with E-state index in [1.807, 2.05) is 42.5 Å². The first kappa shape index (κ1) is 22.1. The summed E-state index contributed by atoms with van der Waals surface area (Å²) in [4.78, 5) is 14.3. The van der Waals surface area contributed by atoms with Crippen LogP contribution in [0.5, 0.6) is 11.5 Å². The van der Waals surface area contributed by atoms with E-state index in [0.29, 0.717) is 42.0 Å². The average Bonchev–Trinajstić information content (AvgIpc) is 2.98. The number of rotatable bonds is 9. The highest BCUT2D eigenvalue weighted by Crippen LogP contribution is 2.39. The first-order valence-electron chi connectivity index (χ1n) is 9.07. The van der Waals surface area contributed by atoms with E-state index in [9.17, 15) is 4.79 Å². The summed E-state index contributed by atoms with van der Waals surface area (Å²) in [5.41, 5.74) is 2.05. The molecule has 1 amide bonds. The Balaban J connectivity index is 1.72. The van der Waals surface area contributed by atoms with Crippen LogP contribution in [0, 0.1) is 0 Å². The second-order valence-corrected chi connectivity index (χ2v) is 9.13. The molecule has 5 nitrogen and oxygen atoms in total. The Morgan fingerprint density at radius 3 is 2.62 bits per heavy atom. The highest BCUT2D eigenvalue weighted by molar-refractivity contribution is 9.10. The molecule has 1 atom stereocenters. The number of hydrogen-bond donors (Lipinski definition) is 0. The van der Waals surface area contributed by atoms with Gasteiger partial charge in [-0.15, -0.1) is 0 Å². The van der Waals surface area contributed by atoms with Gasteiger partial charge < -0.3 is 14.2 Å². The van der Waals surface area contributed by atoms with E-state index in [-0.39, 0.29) is 11.2 Å². The molecule has 8 heteroatoms. The van der Waals surface area contributed by atoms with Crippen molar-refractivity contribution < 1.29 is 19.0 Å². The molecule has 154 valence electrons. The Labute approximate surface area is 188 Å². The molecule has 0 radical (unpaired) electrons. The molecule has 0 unspecified atom stereocenters. The van der Waals surface area contributed by atoms with Gasteiger partial charge >= 0.3 is 0 Å². The monoisotopic (exact) mass is 495 g/mol. The lowest BCUT2D eigenvalue weighted by Gasteiger charge is -2.16. The maximum atomic E-state index is 12.7. The van der Waals surface area contributed by atoms with Gasteiger partial charge in [0, 0.05) is 7.11 Å². The van der Waals surface area contributed by atoms with Gasteiger partial charge in [0.15, 0.2) is 11.5 Å². The lowest BCUT2D eigenvalue weighted by atomic mass is 10.1. The lowest BCUT2D eigenvalue weighted by Crippen LogP contribution is -2.34. The molecule has 1 aliphatic heterocycles. The van der Waals surface area contributed by atoms with Crippen molar-refractivity contribution in [2.45, 2.75) is 18.3 Å². The average molecular weight is 496 g/mol. The first-order valence-corrected chi connectivity index (χ1v) is 11.2. The van der Waals surface area contributed by atoms with Crippen molar-refractivity contribution in [1.29, 1.82) is 0 Å². The second kappa shape index (κ2) is 10.4. The molecule has 1 aliphatic rings. The zero-order chi connectivity index (χ0) is 20.8. The van der Waals surface area contributed by atoms with E-state index in [2.05, 4.69) is 15.9 Å². The molecule has 0 saturated carbocycles. The number of carbonyl (C=O) groups excluding carboxylic acids is 1. The Morgan fingerprint density at radius 1 is 1.17 bits per heavy atom. The summed E-state index contributed by atoms with van der Waals surface area (Å²) in [6.07, 6.45) is 0.557. The predicted molar refractivity (Wildman–Crippen MR) is 123 cm³/mol. The third kappa shape index (κ3) is 5.51. The fourth-order valence-electron chi connectivity index (χ4n) is 2.99. The van der Waals surface area contributed by atoms with Crippen LogP contribution in [0.3, 0.4) is 0 Å². The number of halogens is 1. The number of benzene rings is 2. The maximum Gasteiger partial charge on any atom is 0.242 e. The van der Waals surface area contributed by atoms with Gasteiger partial charge in [-0.3, -0.25) is 9.69 Å². The van der Waals surface area contributed by atoms with Crippen LogP contribution in [0.25, 0.3) is 0 Å². The van der Waals surface area contributed by atoms with Gasteiger partial charge in [-0.1, -0.05) is 54.3 Å². The molecule has 0 aromatic heterocycles. The minimum absolute atomic E-state index is 0.0246. The van der Waals surface area contributed by atoms with Crippen molar-refractivity contribution in [2.75, 3.05) is 27.4 Å². The predicted octanol–water partition coefficient (Wildman–Crippen LogP) is 4.45. The Hall–Kier alpha value is -1.61. The maximum absolute atomic E-state index is 12.7. The van der Waals surface area contributed by atoms with Crippen LogP contribution in [-0.4, -0.2) is 47.7 Å². The van der Waals surface area contributed by atoms with Crippen LogP contribution in [0.4, 0.5) is 0 Å². The number of thiocarbonyl (C=S) groups is 1. The van der Waals surface area contributed by atoms with Crippen LogP contribution in [-0.2, 0) is 22.6 Å². The highest BCUT2D eigenvalue weighted by atomic mass is 79.9. The van der Waals surface area contributed by atoms with Crippen molar-refractivity contribution in [3.63, 3.8) is 0 Å². The number of hydrogen-bond acceptors (Lipinski definition) is 6. The molecule has 2 aromatic carbocycles. The standard InChI is InChI=1S/C21H22BrNO4S2/c1-25-9-8-23-20(24)18(29-21(23)28)12-15-10-16(22)19(17(11-15)26-2)27-13-14-6-4-3-5-7-14/h3-7,10-11,18H,8-9,12-13H2,1-2H3/t18-/m1/s1. The molecule has 0 bridgehead atoms. The summed E-state index contributed by atoms with van der Waals surface area (Å²) in [6.45, 7) is 1.39. The molecule has 29 heavy (non-hydrogen) atoms. The molecule has 2 aromatic rings. The van der Waals surface area contributed by atoms with E-state index < -0.39 is 0 Å². The summed E-state index contributed by atoms with van der Waals surface area (Å²) < 4.78 is 18.0. The van der Waals surface area contributed by atoms with E-state index >= 15 is 0 Å². The second-order valence-electron chi connectivity index (χ2n) is 6.44. The van der Waals surface area contributed by atoms with Crippen LogP contribution >= 0.6 is 39.9 Å². The first-order chi connectivity index (χ1) is 14.0. The molecular formula is C21H22BrNO4S2. The third-order valence-electron chi connectivity index (χ3n) is 4.46. The number of thioether (sulfide) groups is 1. The van der Waals surface area contributed by atoms with Crippen molar-refractivity contribution in [3.05, 3.63) is 58.1 Å². The fourth-order valence-corrected chi connectivity index (χ4v) is 5.18. The summed E-state index contributed by atoms with van der Waals surface area (Å²) >= 11 is 10.4. The quantitative estimate of drug-likeness (QED) is 0.478. The van der Waals surface area contributed by atoms with E-state index in [0.717, 1.165) is 15.6 Å². The Kier molecular flexibility index (Phi) is 7.94. The van der Waals surface area contributed by atoms with Crippen LogP contribution in [0.15, 0.2) is 46.9 Å². The molecule has 3 rings (SSSR count). The minimum atomic E-state index is -0.243. The molecule has 1 heterocycles. The van der Waals surface area contributed by atoms with Crippen molar-refractivity contribution in [3.8, 4) is 11.5 Å². The fraction of sp³-hybridized carbons (Fsp3) is 0.333. The third-order valence-corrected chi connectivity index (χ3v) is 6.63. The molecule has 1 fully saturated rings. The van der Waals surface area contributed by atoms with Gasteiger partial charge in [-0.05, 0) is 45.6 Å². The Bertz CT molecular complexity index is 878. The SMILES string of the molecule is COCCN1C(=O)[C@@H](Cc2cc(Br)c(OCc3ccccc3)c(OC)c2)SC1=S. The van der Waals surface area contributed by atoms with Gasteiger partial charge in [0.2, 0.25) is 5.91 Å². The number of ether oxygens (including phenoxy) is 3. The van der Waals surface area contributed by atoms with E-state index in [4.69, 9.17) is 26.4 Å². The van der Waals surface area contributed by atoms with Gasteiger partial charge in [-0.25, -0.2) is 0 Å². The van der Waals surface area contributed by atoms with Crippen molar-refractivity contribution in [1.82, 2.24) is 4.90 Å². The zero-order valence-electron chi connectivity index (χ0n) is 16.2. The number of methoxy groups -OCH3 is 2. The summed E-state index contributed by atoms with van der Waals surface area (Å²) in [5.74, 6) is 1.29. The van der Waals surface area contributed by atoms with Gasteiger partial charge in [0.05, 0.1) is 30.0 Å². The van der Waals surface area contributed by atoms with Crippen molar-refractivity contribution >= 4 is 50.1 Å². The highest BCUT2D eigenvalue weighted by Gasteiger charge is 2.36. The van der Waals surface area contributed by atoms with Gasteiger partial charge in [0.25, 0.3) is 0 Å². The normalized spacial score (nSPS) is 16.4. The molecule has 0 aliphatic carbocycles. The largest absolute Gasteiger partial charge is 0.493 e. The summed E-state index contributed by atoms with van der Waals surface area (Å²) in [5, 5.41) is -0.243. The van der Waals surface area contributed by atoms with Gasteiger partial charge in [0.1, 0.15) is 10.9 Å². The smallest absolute Gasteiger partial charge is 0.242 e. The van der Waals surface area contributed by atoms with E-state index in [1.54, 1.807) is 19.1 Å². The number of nitrogens with zero attached hydrogens (tertiary/aromatic N) is 1. The lowest BCUT2D eigenvalue weighted by molar-refractivity contribution is -0.126. The topological polar surface area (TPSA) is 48.0 Å². The van der Waals surface area contributed by atoms with E-state index in [1.165, 1.54) is 11.8 Å². The molecule has 0 N–H and O–H groups in total. The summed E-state index contributed by atoms with van der Waals surface area (Å²) in [6, 6.07) is 13.8. The minimum Gasteiger partial charge on any atom is -0.493 e. The van der Waals surface area contributed by atoms with Crippen LogP contribution in [0.1, 0.15) is 11.1 Å². The molecule has 0 spiro atoms. The van der Waals surface area contributed by atoms with Crippen molar-refractivity contribution in [2.24, 2.45) is 0 Å². The molecule has 1 saturated heterocycles.